The maximum absolute atomic E-state index is 13.6. The van der Waals surface area contributed by atoms with Gasteiger partial charge >= 0.3 is 0 Å². The Hall–Kier alpha value is -1.15. The molecule has 2 fully saturated rings. The average molecular weight is 415 g/mol. The molecule has 0 spiro atoms. The van der Waals surface area contributed by atoms with Gasteiger partial charge in [-0.3, -0.25) is 4.79 Å². The molecule has 1 saturated carbocycles. The fourth-order valence-corrected chi connectivity index (χ4v) is 6.40. The van der Waals surface area contributed by atoms with Crippen LogP contribution in [-0.4, -0.2) is 43.5 Å². The van der Waals surface area contributed by atoms with Gasteiger partial charge in [0.15, 0.2) is 4.87 Å². The number of hydrogen-bond acceptors (Lipinski definition) is 5. The number of rotatable bonds is 4. The van der Waals surface area contributed by atoms with Crippen molar-refractivity contribution in [1.29, 1.82) is 0 Å². The summed E-state index contributed by atoms with van der Waals surface area (Å²) >= 11 is 6.15. The van der Waals surface area contributed by atoms with Crippen LogP contribution in [0.5, 0.6) is 0 Å². The number of carbonyl (C=O) groups is 1. The van der Waals surface area contributed by atoms with E-state index in [-0.39, 0.29) is 29.4 Å². The second-order valence-electron chi connectivity index (χ2n) is 7.64. The molecule has 1 aliphatic heterocycles. The first-order valence-corrected chi connectivity index (χ1v) is 11.3. The summed E-state index contributed by atoms with van der Waals surface area (Å²) in [6, 6.07) is 4.83. The van der Waals surface area contributed by atoms with Crippen LogP contribution in [0.2, 0.25) is 5.02 Å². The average Bonchev–Trinajstić information content (AvgIpc) is 2.65. The maximum atomic E-state index is 13.6. The minimum atomic E-state index is -3.85. The van der Waals surface area contributed by atoms with Crippen LogP contribution in [0.15, 0.2) is 23.1 Å². The van der Waals surface area contributed by atoms with Crippen LogP contribution in [0.4, 0.5) is 0 Å². The van der Waals surface area contributed by atoms with Crippen molar-refractivity contribution in [1.82, 2.24) is 10.6 Å². The van der Waals surface area contributed by atoms with E-state index in [4.69, 9.17) is 11.6 Å². The van der Waals surface area contributed by atoms with E-state index in [9.17, 15) is 18.3 Å². The molecule has 0 bridgehead atoms. The number of sulfone groups is 1. The predicted molar refractivity (Wildman–Crippen MR) is 104 cm³/mol. The van der Waals surface area contributed by atoms with Gasteiger partial charge in [-0.15, -0.1) is 0 Å². The van der Waals surface area contributed by atoms with Crippen molar-refractivity contribution in [2.45, 2.75) is 61.3 Å². The molecule has 1 aromatic carbocycles. The van der Waals surface area contributed by atoms with Crippen LogP contribution in [0.3, 0.4) is 0 Å². The second-order valence-corrected chi connectivity index (χ2v) is 10.3. The summed E-state index contributed by atoms with van der Waals surface area (Å²) in [5.41, 5.74) is 0.499. The summed E-state index contributed by atoms with van der Waals surface area (Å²) in [4.78, 5) is 11.7. The molecule has 8 heteroatoms. The number of halogens is 1. The zero-order valence-corrected chi connectivity index (χ0v) is 17.1. The van der Waals surface area contributed by atoms with Crippen molar-refractivity contribution in [3.8, 4) is 0 Å². The molecule has 0 aromatic heterocycles. The van der Waals surface area contributed by atoms with E-state index in [0.717, 1.165) is 6.54 Å². The van der Waals surface area contributed by atoms with Crippen LogP contribution < -0.4 is 10.6 Å². The summed E-state index contributed by atoms with van der Waals surface area (Å²) < 4.78 is 27.2. The molecule has 1 heterocycles. The lowest BCUT2D eigenvalue weighted by molar-refractivity contribution is -0.127. The Balaban J connectivity index is 1.92. The minimum Gasteiger partial charge on any atom is -0.393 e. The molecule has 150 valence electrons. The maximum Gasteiger partial charge on any atom is 0.224 e. The van der Waals surface area contributed by atoms with E-state index >= 15 is 0 Å². The van der Waals surface area contributed by atoms with Gasteiger partial charge in [-0.05, 0) is 69.7 Å². The number of benzene rings is 1. The van der Waals surface area contributed by atoms with Gasteiger partial charge < -0.3 is 15.7 Å². The Kier molecular flexibility index (Phi) is 6.15. The van der Waals surface area contributed by atoms with Gasteiger partial charge in [0.25, 0.3) is 0 Å². The Morgan fingerprint density at radius 2 is 2.00 bits per heavy atom. The number of aliphatic hydroxyl groups is 1. The third-order valence-electron chi connectivity index (χ3n) is 5.79. The molecule has 1 aromatic rings. The van der Waals surface area contributed by atoms with Crippen molar-refractivity contribution in [2.24, 2.45) is 5.92 Å². The summed E-state index contributed by atoms with van der Waals surface area (Å²) in [5, 5.41) is 16.1. The zero-order chi connectivity index (χ0) is 19.7. The Morgan fingerprint density at radius 3 is 2.63 bits per heavy atom. The summed E-state index contributed by atoms with van der Waals surface area (Å²) in [7, 11) is -3.85. The number of piperidine rings is 1. The quantitative estimate of drug-likeness (QED) is 0.701. The highest BCUT2D eigenvalue weighted by Gasteiger charge is 2.48. The molecule has 1 saturated heterocycles. The minimum absolute atomic E-state index is 0.165. The summed E-state index contributed by atoms with van der Waals surface area (Å²) in [6.45, 7) is 2.57. The van der Waals surface area contributed by atoms with Crippen LogP contribution in [0.25, 0.3) is 0 Å². The SMILES string of the molecule is Cc1c(Cl)cccc1S(=O)(=O)[C@@]1(NC(=O)C2CCC(O)CC2)CCCNC1. The van der Waals surface area contributed by atoms with E-state index in [1.54, 1.807) is 25.1 Å². The topological polar surface area (TPSA) is 95.5 Å². The first kappa shape index (κ1) is 20.6. The smallest absolute Gasteiger partial charge is 0.224 e. The summed E-state index contributed by atoms with van der Waals surface area (Å²) in [6.07, 6.45) is 2.95. The lowest BCUT2D eigenvalue weighted by atomic mass is 9.86. The van der Waals surface area contributed by atoms with E-state index in [1.807, 2.05) is 0 Å². The Bertz CT molecular complexity index is 798. The standard InChI is InChI=1S/C19H27ClN2O4S/c1-13-16(20)4-2-5-17(13)27(25,26)19(10-3-11-21-12-19)22-18(24)14-6-8-15(23)9-7-14/h2,4-5,14-15,21,23H,3,6-12H2,1H3,(H,22,24)/t14?,15?,19-/m0/s1. The molecule has 0 radical (unpaired) electrons. The molecule has 1 aliphatic carbocycles. The van der Waals surface area contributed by atoms with E-state index < -0.39 is 14.7 Å². The van der Waals surface area contributed by atoms with Crippen LogP contribution in [-0.2, 0) is 14.6 Å². The third kappa shape index (κ3) is 4.01. The predicted octanol–water partition coefficient (Wildman–Crippen LogP) is 2.17. The van der Waals surface area contributed by atoms with Gasteiger partial charge in [0, 0.05) is 17.5 Å². The fraction of sp³-hybridized carbons (Fsp3) is 0.632. The second kappa shape index (κ2) is 8.07. The van der Waals surface area contributed by atoms with E-state index in [0.29, 0.717) is 49.1 Å². The monoisotopic (exact) mass is 414 g/mol. The van der Waals surface area contributed by atoms with Gasteiger partial charge in [-0.25, -0.2) is 8.42 Å². The molecule has 27 heavy (non-hydrogen) atoms. The highest BCUT2D eigenvalue weighted by atomic mass is 35.5. The van der Waals surface area contributed by atoms with Crippen molar-refractivity contribution >= 4 is 27.3 Å². The van der Waals surface area contributed by atoms with Crippen molar-refractivity contribution < 1.29 is 18.3 Å². The highest BCUT2D eigenvalue weighted by Crippen LogP contribution is 2.34. The lowest BCUT2D eigenvalue weighted by Crippen LogP contribution is -2.63. The molecule has 3 N–H and O–H groups in total. The zero-order valence-electron chi connectivity index (χ0n) is 15.5. The van der Waals surface area contributed by atoms with E-state index in [2.05, 4.69) is 10.6 Å². The molecule has 0 unspecified atom stereocenters. The van der Waals surface area contributed by atoms with Gasteiger partial charge in [0.1, 0.15) is 0 Å². The number of nitrogens with one attached hydrogen (secondary N) is 2. The molecule has 6 nitrogen and oxygen atoms in total. The molecule has 1 atom stereocenters. The summed E-state index contributed by atoms with van der Waals surface area (Å²) in [5.74, 6) is -0.503. The normalized spacial score (nSPS) is 29.3. The number of aliphatic hydroxyl groups excluding tert-OH is 1. The molecular formula is C19H27ClN2O4S. The molecule has 2 aliphatic rings. The van der Waals surface area contributed by atoms with E-state index in [1.165, 1.54) is 0 Å². The number of amides is 1. The van der Waals surface area contributed by atoms with Crippen LogP contribution >= 0.6 is 11.6 Å². The first-order chi connectivity index (χ1) is 12.8. The van der Waals surface area contributed by atoms with Gasteiger partial charge in [0.05, 0.1) is 11.0 Å². The lowest BCUT2D eigenvalue weighted by Gasteiger charge is -2.39. The largest absolute Gasteiger partial charge is 0.393 e. The van der Waals surface area contributed by atoms with Crippen LogP contribution in [0.1, 0.15) is 44.1 Å². The van der Waals surface area contributed by atoms with Gasteiger partial charge in [-0.2, -0.15) is 0 Å². The fourth-order valence-electron chi connectivity index (χ4n) is 4.03. The van der Waals surface area contributed by atoms with Gasteiger partial charge in [-0.1, -0.05) is 17.7 Å². The molecular weight excluding hydrogens is 388 g/mol. The third-order valence-corrected chi connectivity index (χ3v) is 8.70. The number of hydrogen-bond donors (Lipinski definition) is 3. The van der Waals surface area contributed by atoms with Crippen LogP contribution in [0, 0.1) is 12.8 Å². The first-order valence-electron chi connectivity index (χ1n) is 9.47. The van der Waals surface area contributed by atoms with Crippen molar-refractivity contribution in [3.63, 3.8) is 0 Å². The Morgan fingerprint density at radius 1 is 1.30 bits per heavy atom. The van der Waals surface area contributed by atoms with Crippen molar-refractivity contribution in [2.75, 3.05) is 13.1 Å². The van der Waals surface area contributed by atoms with Crippen molar-refractivity contribution in [3.05, 3.63) is 28.8 Å². The highest BCUT2D eigenvalue weighted by molar-refractivity contribution is 7.93. The molecule has 3 rings (SSSR count). The molecule has 1 amide bonds. The Labute approximate surface area is 165 Å². The number of carbonyl (C=O) groups excluding carboxylic acids is 1. The van der Waals surface area contributed by atoms with Gasteiger partial charge in [0.2, 0.25) is 15.7 Å².